The average Bonchev–Trinajstić information content (AvgIpc) is 2.61. The number of halogens is 1. The third kappa shape index (κ3) is 6.04. The van der Waals surface area contributed by atoms with Gasteiger partial charge in [-0.2, -0.15) is 0 Å². The van der Waals surface area contributed by atoms with Crippen LogP contribution in [-0.2, 0) is 14.3 Å². The predicted octanol–water partition coefficient (Wildman–Crippen LogP) is 3.79. The highest BCUT2D eigenvalue weighted by Gasteiger charge is 2.12. The molecular formula is C19H18ClNO4. The van der Waals surface area contributed by atoms with Crippen LogP contribution in [0.2, 0.25) is 5.02 Å². The van der Waals surface area contributed by atoms with Crippen LogP contribution < -0.4 is 5.32 Å². The molecule has 0 unspecified atom stereocenters. The predicted molar refractivity (Wildman–Crippen MR) is 95.8 cm³/mol. The standard InChI is InChI=1S/C19H18ClNO4/c1-13-7-8-15(20)11-16(13)21-18(23)12-25-19(24)10-9-17(22)14-5-3-2-4-6-14/h2-8,11H,9-10,12H2,1H3,(H,21,23). The zero-order valence-electron chi connectivity index (χ0n) is 13.8. The van der Waals surface area contributed by atoms with E-state index in [4.69, 9.17) is 16.3 Å². The summed E-state index contributed by atoms with van der Waals surface area (Å²) >= 11 is 5.88. The highest BCUT2D eigenvalue weighted by atomic mass is 35.5. The zero-order chi connectivity index (χ0) is 18.2. The number of amides is 1. The molecule has 1 N–H and O–H groups in total. The maximum absolute atomic E-state index is 11.9. The van der Waals surface area contributed by atoms with Crippen molar-refractivity contribution in [2.75, 3.05) is 11.9 Å². The van der Waals surface area contributed by atoms with Gasteiger partial charge in [0.1, 0.15) is 0 Å². The molecule has 6 heteroatoms. The lowest BCUT2D eigenvalue weighted by Gasteiger charge is -2.09. The molecule has 0 fully saturated rings. The molecule has 25 heavy (non-hydrogen) atoms. The Bertz CT molecular complexity index is 774. The van der Waals surface area contributed by atoms with Crippen LogP contribution in [0, 0.1) is 6.92 Å². The van der Waals surface area contributed by atoms with E-state index in [9.17, 15) is 14.4 Å². The van der Waals surface area contributed by atoms with E-state index in [1.807, 2.05) is 13.0 Å². The number of ketones is 1. The molecule has 0 atom stereocenters. The summed E-state index contributed by atoms with van der Waals surface area (Å²) < 4.78 is 4.90. The number of hydrogen-bond acceptors (Lipinski definition) is 4. The number of carbonyl (C=O) groups excluding carboxylic acids is 3. The van der Waals surface area contributed by atoms with Crippen molar-refractivity contribution in [3.8, 4) is 0 Å². The number of rotatable bonds is 7. The second-order valence-corrected chi connectivity index (χ2v) is 5.89. The van der Waals surface area contributed by atoms with Crippen molar-refractivity contribution in [1.29, 1.82) is 0 Å². The van der Waals surface area contributed by atoms with Gasteiger partial charge in [-0.3, -0.25) is 14.4 Å². The Balaban J connectivity index is 1.75. The van der Waals surface area contributed by atoms with Gasteiger partial charge in [-0.05, 0) is 24.6 Å². The Morgan fingerprint density at radius 1 is 1.04 bits per heavy atom. The van der Waals surface area contributed by atoms with Crippen molar-refractivity contribution in [3.63, 3.8) is 0 Å². The quantitative estimate of drug-likeness (QED) is 0.603. The number of carbonyl (C=O) groups is 3. The van der Waals surface area contributed by atoms with Gasteiger partial charge >= 0.3 is 5.97 Å². The number of anilines is 1. The largest absolute Gasteiger partial charge is 0.456 e. The Kier molecular flexibility index (Phi) is 6.71. The molecule has 0 saturated heterocycles. The fourth-order valence-corrected chi connectivity index (χ4v) is 2.29. The van der Waals surface area contributed by atoms with E-state index in [1.54, 1.807) is 42.5 Å². The second kappa shape index (κ2) is 8.99. The molecule has 1 amide bonds. The molecule has 0 aliphatic carbocycles. The fraction of sp³-hybridized carbons (Fsp3) is 0.211. The second-order valence-electron chi connectivity index (χ2n) is 5.46. The number of hydrogen-bond donors (Lipinski definition) is 1. The molecule has 0 spiro atoms. The first-order valence-corrected chi connectivity index (χ1v) is 8.13. The highest BCUT2D eigenvalue weighted by molar-refractivity contribution is 6.31. The van der Waals surface area contributed by atoms with Crippen molar-refractivity contribution in [3.05, 3.63) is 64.7 Å². The van der Waals surface area contributed by atoms with E-state index < -0.39 is 18.5 Å². The Hall–Kier alpha value is -2.66. The maximum Gasteiger partial charge on any atom is 0.306 e. The first kappa shape index (κ1) is 18.7. The highest BCUT2D eigenvalue weighted by Crippen LogP contribution is 2.20. The minimum Gasteiger partial charge on any atom is -0.456 e. The fourth-order valence-electron chi connectivity index (χ4n) is 2.12. The van der Waals surface area contributed by atoms with Gasteiger partial charge in [0.05, 0.1) is 6.42 Å². The maximum atomic E-state index is 11.9. The molecule has 0 aliphatic heterocycles. The Morgan fingerprint density at radius 3 is 2.48 bits per heavy atom. The minimum absolute atomic E-state index is 0.0396. The summed E-state index contributed by atoms with van der Waals surface area (Å²) in [6.45, 7) is 1.41. The number of ether oxygens (including phenoxy) is 1. The summed E-state index contributed by atoms with van der Waals surface area (Å²) in [5.41, 5.74) is 1.95. The molecule has 5 nitrogen and oxygen atoms in total. The number of esters is 1. The van der Waals surface area contributed by atoms with Gasteiger partial charge in [-0.15, -0.1) is 0 Å². The van der Waals surface area contributed by atoms with Crippen LogP contribution in [0.25, 0.3) is 0 Å². The van der Waals surface area contributed by atoms with E-state index in [0.717, 1.165) is 5.56 Å². The van der Waals surface area contributed by atoms with Crippen LogP contribution >= 0.6 is 11.6 Å². The normalized spacial score (nSPS) is 10.2. The number of aryl methyl sites for hydroxylation is 1. The molecule has 0 bridgehead atoms. The first-order chi connectivity index (χ1) is 12.0. The summed E-state index contributed by atoms with van der Waals surface area (Å²) in [6.07, 6.45) is -0.0327. The van der Waals surface area contributed by atoms with E-state index in [-0.39, 0.29) is 18.6 Å². The molecule has 2 aromatic rings. The molecule has 2 aromatic carbocycles. The van der Waals surface area contributed by atoms with E-state index in [0.29, 0.717) is 16.3 Å². The lowest BCUT2D eigenvalue weighted by Crippen LogP contribution is -2.21. The summed E-state index contributed by atoms with van der Waals surface area (Å²) in [4.78, 5) is 35.4. The molecule has 0 saturated carbocycles. The average molecular weight is 360 g/mol. The van der Waals surface area contributed by atoms with Crippen LogP contribution in [0.15, 0.2) is 48.5 Å². The Labute approximate surface area is 150 Å². The topological polar surface area (TPSA) is 72.5 Å². The van der Waals surface area contributed by atoms with E-state index in [1.165, 1.54) is 0 Å². The molecule has 0 aliphatic rings. The molecular weight excluding hydrogens is 342 g/mol. The minimum atomic E-state index is -0.595. The van der Waals surface area contributed by atoms with Crippen molar-refractivity contribution in [1.82, 2.24) is 0 Å². The monoisotopic (exact) mass is 359 g/mol. The smallest absolute Gasteiger partial charge is 0.306 e. The number of nitrogens with one attached hydrogen (secondary N) is 1. The third-order valence-electron chi connectivity index (χ3n) is 3.49. The van der Waals surface area contributed by atoms with Crippen LogP contribution in [0.3, 0.4) is 0 Å². The van der Waals surface area contributed by atoms with Crippen LogP contribution in [0.4, 0.5) is 5.69 Å². The van der Waals surface area contributed by atoms with Gasteiger partial charge in [0.15, 0.2) is 12.4 Å². The summed E-state index contributed by atoms with van der Waals surface area (Å²) in [7, 11) is 0. The zero-order valence-corrected chi connectivity index (χ0v) is 14.5. The van der Waals surface area contributed by atoms with Crippen LogP contribution in [0.5, 0.6) is 0 Å². The van der Waals surface area contributed by atoms with Crippen molar-refractivity contribution in [2.45, 2.75) is 19.8 Å². The van der Waals surface area contributed by atoms with Crippen molar-refractivity contribution in [2.24, 2.45) is 0 Å². The van der Waals surface area contributed by atoms with Crippen LogP contribution in [-0.4, -0.2) is 24.3 Å². The molecule has 130 valence electrons. The van der Waals surface area contributed by atoms with Gasteiger partial charge < -0.3 is 10.1 Å². The summed E-state index contributed by atoms with van der Waals surface area (Å²) in [5.74, 6) is -1.20. The van der Waals surface area contributed by atoms with Crippen LogP contribution in [0.1, 0.15) is 28.8 Å². The number of Topliss-reactive ketones (excluding diaryl/α,β-unsaturated/α-hetero) is 1. The van der Waals surface area contributed by atoms with Crippen molar-refractivity contribution >= 4 is 34.9 Å². The van der Waals surface area contributed by atoms with E-state index >= 15 is 0 Å². The van der Waals surface area contributed by atoms with Gasteiger partial charge in [0.25, 0.3) is 5.91 Å². The molecule has 2 rings (SSSR count). The van der Waals surface area contributed by atoms with Gasteiger partial charge in [-0.25, -0.2) is 0 Å². The molecule has 0 heterocycles. The summed E-state index contributed by atoms with van der Waals surface area (Å²) in [6, 6.07) is 13.8. The lowest BCUT2D eigenvalue weighted by molar-refractivity contribution is -0.147. The van der Waals surface area contributed by atoms with E-state index in [2.05, 4.69) is 5.32 Å². The Morgan fingerprint density at radius 2 is 1.76 bits per heavy atom. The lowest BCUT2D eigenvalue weighted by atomic mass is 10.1. The summed E-state index contributed by atoms with van der Waals surface area (Å²) in [5, 5.41) is 3.13. The SMILES string of the molecule is Cc1ccc(Cl)cc1NC(=O)COC(=O)CCC(=O)c1ccccc1. The molecule has 0 radical (unpaired) electrons. The van der Waals surface area contributed by atoms with Gasteiger partial charge in [0.2, 0.25) is 0 Å². The third-order valence-corrected chi connectivity index (χ3v) is 3.73. The van der Waals surface area contributed by atoms with Gasteiger partial charge in [-0.1, -0.05) is 48.0 Å². The van der Waals surface area contributed by atoms with Crippen molar-refractivity contribution < 1.29 is 19.1 Å². The number of benzene rings is 2. The van der Waals surface area contributed by atoms with Gasteiger partial charge in [0, 0.05) is 22.7 Å². The molecule has 0 aromatic heterocycles. The first-order valence-electron chi connectivity index (χ1n) is 7.75.